The van der Waals surface area contributed by atoms with Crippen molar-refractivity contribution in [1.82, 2.24) is 10.3 Å². The molecule has 1 aromatic heterocycles. The molecule has 0 aliphatic rings. The van der Waals surface area contributed by atoms with Crippen LogP contribution in [0.2, 0.25) is 0 Å². The lowest BCUT2D eigenvalue weighted by Gasteiger charge is -2.08. The van der Waals surface area contributed by atoms with Gasteiger partial charge in [0.1, 0.15) is 17.3 Å². The Morgan fingerprint density at radius 2 is 1.48 bits per heavy atom. The monoisotopic (exact) mass is 367 g/mol. The van der Waals surface area contributed by atoms with Gasteiger partial charge in [-0.1, -0.05) is 24.3 Å². The summed E-state index contributed by atoms with van der Waals surface area (Å²) in [5.41, 5.74) is 2.98. The van der Waals surface area contributed by atoms with Crippen molar-refractivity contribution in [1.29, 1.82) is 0 Å². The van der Waals surface area contributed by atoms with Gasteiger partial charge in [-0.05, 0) is 53.9 Å². The maximum absolute atomic E-state index is 12.9. The maximum atomic E-state index is 12.9. The number of aromatic nitrogens is 1. The average molecular weight is 367 g/mol. The van der Waals surface area contributed by atoms with E-state index >= 15 is 0 Å². The van der Waals surface area contributed by atoms with Crippen LogP contribution in [0.3, 0.4) is 0 Å². The number of anilines is 1. The summed E-state index contributed by atoms with van der Waals surface area (Å²) in [6.45, 7) is 0.974. The number of halogens is 2. The quantitative estimate of drug-likeness (QED) is 0.665. The number of amides is 1. The Hall–Kier alpha value is -3.28. The van der Waals surface area contributed by atoms with Crippen LogP contribution >= 0.6 is 0 Å². The van der Waals surface area contributed by atoms with E-state index in [4.69, 9.17) is 0 Å². The summed E-state index contributed by atoms with van der Waals surface area (Å²) >= 11 is 0. The van der Waals surface area contributed by atoms with Crippen LogP contribution in [0.1, 0.15) is 21.6 Å². The van der Waals surface area contributed by atoms with Crippen LogP contribution < -0.4 is 10.6 Å². The van der Waals surface area contributed by atoms with Crippen LogP contribution in [-0.2, 0) is 13.0 Å². The van der Waals surface area contributed by atoms with Crippen molar-refractivity contribution in [2.75, 3.05) is 11.9 Å². The van der Waals surface area contributed by atoms with Crippen molar-refractivity contribution in [2.24, 2.45) is 0 Å². The third kappa shape index (κ3) is 5.60. The molecular formula is C21H19F2N3O. The first-order valence-corrected chi connectivity index (χ1v) is 8.57. The number of rotatable bonds is 7. The van der Waals surface area contributed by atoms with Gasteiger partial charge in [-0.2, -0.15) is 0 Å². The predicted octanol–water partition coefficient (Wildman–Crippen LogP) is 3.94. The molecule has 2 N–H and O–H groups in total. The van der Waals surface area contributed by atoms with Crippen LogP contribution in [-0.4, -0.2) is 17.4 Å². The van der Waals surface area contributed by atoms with Crippen LogP contribution in [0.5, 0.6) is 0 Å². The molecule has 0 aliphatic heterocycles. The maximum Gasteiger partial charge on any atom is 0.269 e. The minimum atomic E-state index is -0.278. The zero-order valence-corrected chi connectivity index (χ0v) is 14.6. The van der Waals surface area contributed by atoms with Crippen molar-refractivity contribution >= 4 is 11.6 Å². The van der Waals surface area contributed by atoms with E-state index in [2.05, 4.69) is 15.6 Å². The van der Waals surface area contributed by atoms with Gasteiger partial charge >= 0.3 is 0 Å². The number of benzene rings is 2. The van der Waals surface area contributed by atoms with Crippen LogP contribution in [0, 0.1) is 11.6 Å². The smallest absolute Gasteiger partial charge is 0.269 e. The average Bonchev–Trinajstić information content (AvgIpc) is 2.69. The fraction of sp³-hybridized carbons (Fsp3) is 0.143. The Morgan fingerprint density at radius 1 is 0.852 bits per heavy atom. The molecule has 0 bridgehead atoms. The lowest BCUT2D eigenvalue weighted by molar-refractivity contribution is 0.0949. The molecule has 27 heavy (non-hydrogen) atoms. The molecule has 3 aromatic rings. The molecule has 2 aromatic carbocycles. The van der Waals surface area contributed by atoms with E-state index in [1.165, 1.54) is 24.3 Å². The summed E-state index contributed by atoms with van der Waals surface area (Å²) < 4.78 is 25.7. The fourth-order valence-electron chi connectivity index (χ4n) is 2.50. The normalized spacial score (nSPS) is 10.4. The van der Waals surface area contributed by atoms with Crippen molar-refractivity contribution < 1.29 is 13.6 Å². The lowest BCUT2D eigenvalue weighted by Crippen LogP contribution is -2.26. The Labute approximate surface area is 156 Å². The van der Waals surface area contributed by atoms with Crippen LogP contribution in [0.15, 0.2) is 66.9 Å². The van der Waals surface area contributed by atoms with Crippen molar-refractivity contribution in [2.45, 2.75) is 13.0 Å². The second-order valence-electron chi connectivity index (χ2n) is 6.04. The van der Waals surface area contributed by atoms with Crippen LogP contribution in [0.25, 0.3) is 0 Å². The molecule has 0 atom stereocenters. The third-order valence-corrected chi connectivity index (χ3v) is 4.02. The molecule has 0 fully saturated rings. The van der Waals surface area contributed by atoms with Crippen molar-refractivity contribution in [3.63, 3.8) is 0 Å². The molecule has 0 aliphatic carbocycles. The molecule has 0 saturated carbocycles. The number of pyridine rings is 1. The SMILES string of the molecule is O=C(NCCc1ccc(F)cc1)c1ccc(NCc2ccc(F)cc2)cn1. The van der Waals surface area contributed by atoms with Gasteiger partial charge in [0, 0.05) is 13.1 Å². The number of nitrogens with zero attached hydrogens (tertiary/aromatic N) is 1. The summed E-state index contributed by atoms with van der Waals surface area (Å²) in [5, 5.41) is 5.96. The highest BCUT2D eigenvalue weighted by Crippen LogP contribution is 2.10. The number of hydrogen-bond acceptors (Lipinski definition) is 3. The second-order valence-corrected chi connectivity index (χ2v) is 6.04. The van der Waals surface area contributed by atoms with Crippen molar-refractivity contribution in [3.8, 4) is 0 Å². The number of carbonyl (C=O) groups excluding carboxylic acids is 1. The Kier molecular flexibility index (Phi) is 6.10. The summed E-state index contributed by atoms with van der Waals surface area (Å²) in [7, 11) is 0. The van der Waals surface area contributed by atoms with Gasteiger partial charge in [0.15, 0.2) is 0 Å². The molecular weight excluding hydrogens is 348 g/mol. The first-order valence-electron chi connectivity index (χ1n) is 8.57. The highest BCUT2D eigenvalue weighted by Gasteiger charge is 2.06. The van der Waals surface area contributed by atoms with E-state index < -0.39 is 0 Å². The zero-order chi connectivity index (χ0) is 19.1. The summed E-state index contributed by atoms with van der Waals surface area (Å²) in [6.07, 6.45) is 2.20. The molecule has 0 unspecified atom stereocenters. The van der Waals surface area contributed by atoms with Gasteiger partial charge in [0.25, 0.3) is 5.91 Å². The summed E-state index contributed by atoms with van der Waals surface area (Å²) in [4.78, 5) is 16.3. The van der Waals surface area contributed by atoms with E-state index in [-0.39, 0.29) is 17.5 Å². The number of carbonyl (C=O) groups is 1. The Balaban J connectivity index is 1.46. The van der Waals surface area contributed by atoms with Gasteiger partial charge in [0.05, 0.1) is 11.9 Å². The van der Waals surface area contributed by atoms with Gasteiger partial charge in [0.2, 0.25) is 0 Å². The molecule has 0 spiro atoms. The molecule has 1 heterocycles. The first-order chi connectivity index (χ1) is 13.1. The number of nitrogens with one attached hydrogen (secondary N) is 2. The molecule has 0 saturated heterocycles. The highest BCUT2D eigenvalue weighted by atomic mass is 19.1. The minimum absolute atomic E-state index is 0.262. The molecule has 4 nitrogen and oxygen atoms in total. The fourth-order valence-corrected chi connectivity index (χ4v) is 2.50. The van der Waals surface area contributed by atoms with E-state index in [0.29, 0.717) is 25.2 Å². The third-order valence-electron chi connectivity index (χ3n) is 4.02. The van der Waals surface area contributed by atoms with Crippen molar-refractivity contribution in [3.05, 3.63) is 95.3 Å². The highest BCUT2D eigenvalue weighted by molar-refractivity contribution is 5.92. The molecule has 6 heteroatoms. The predicted molar refractivity (Wildman–Crippen MR) is 100 cm³/mol. The lowest BCUT2D eigenvalue weighted by atomic mass is 10.1. The van der Waals surface area contributed by atoms with Crippen LogP contribution in [0.4, 0.5) is 14.5 Å². The Bertz CT molecular complexity index is 879. The topological polar surface area (TPSA) is 54.0 Å². The second kappa shape index (κ2) is 8.89. The summed E-state index contributed by atoms with van der Waals surface area (Å²) in [6, 6.07) is 15.8. The largest absolute Gasteiger partial charge is 0.380 e. The first kappa shape index (κ1) is 18.5. The van der Waals surface area contributed by atoms with E-state index in [1.54, 1.807) is 42.6 Å². The van der Waals surface area contributed by atoms with E-state index in [1.807, 2.05) is 0 Å². The standard InChI is InChI=1S/C21H19F2N3O/c22-17-5-1-15(2-6-17)11-12-24-21(27)20-10-9-19(14-26-20)25-13-16-3-7-18(23)8-4-16/h1-10,14,25H,11-13H2,(H,24,27). The van der Waals surface area contributed by atoms with E-state index in [0.717, 1.165) is 16.8 Å². The molecule has 0 radical (unpaired) electrons. The molecule has 3 rings (SSSR count). The number of hydrogen-bond donors (Lipinski definition) is 2. The van der Waals surface area contributed by atoms with Gasteiger partial charge < -0.3 is 10.6 Å². The summed E-state index contributed by atoms with van der Waals surface area (Å²) in [5.74, 6) is -0.808. The van der Waals surface area contributed by atoms with Gasteiger partial charge in [-0.3, -0.25) is 4.79 Å². The Morgan fingerprint density at radius 3 is 2.07 bits per heavy atom. The molecule has 138 valence electrons. The molecule has 1 amide bonds. The minimum Gasteiger partial charge on any atom is -0.380 e. The zero-order valence-electron chi connectivity index (χ0n) is 14.6. The van der Waals surface area contributed by atoms with E-state index in [9.17, 15) is 13.6 Å². The van der Waals surface area contributed by atoms with Gasteiger partial charge in [-0.15, -0.1) is 0 Å². The van der Waals surface area contributed by atoms with Gasteiger partial charge in [-0.25, -0.2) is 13.8 Å².